The molecule has 2 heterocycles. The third-order valence-electron chi connectivity index (χ3n) is 3.07. The molecule has 0 spiro atoms. The lowest BCUT2D eigenvalue weighted by atomic mass is 10.0. The van der Waals surface area contributed by atoms with Crippen LogP contribution in [0.5, 0.6) is 0 Å². The van der Waals surface area contributed by atoms with E-state index in [-0.39, 0.29) is 0 Å². The van der Waals surface area contributed by atoms with Gasteiger partial charge in [0.1, 0.15) is 0 Å². The molecule has 2 rings (SSSR count). The van der Waals surface area contributed by atoms with E-state index in [9.17, 15) is 0 Å². The fourth-order valence-electron chi connectivity index (χ4n) is 2.25. The van der Waals surface area contributed by atoms with Crippen molar-refractivity contribution >= 4 is 6.01 Å². The van der Waals surface area contributed by atoms with Gasteiger partial charge in [-0.25, -0.2) is 0 Å². The van der Waals surface area contributed by atoms with Gasteiger partial charge in [-0.3, -0.25) is 0 Å². The standard InChI is InChI=1S/C11H20N4O/c1-2-3-9-5-7-15(8-9)11-14-13-10(16-11)4-6-12/h9H,2-8,12H2,1H3. The van der Waals surface area contributed by atoms with Crippen LogP contribution in [-0.4, -0.2) is 29.8 Å². The first kappa shape index (κ1) is 11.4. The van der Waals surface area contributed by atoms with Gasteiger partial charge >= 0.3 is 6.01 Å². The van der Waals surface area contributed by atoms with Crippen molar-refractivity contribution in [1.29, 1.82) is 0 Å². The number of hydrogen-bond donors (Lipinski definition) is 1. The maximum Gasteiger partial charge on any atom is 0.318 e. The predicted octanol–water partition coefficient (Wildman–Crippen LogP) is 1.20. The fourth-order valence-corrected chi connectivity index (χ4v) is 2.25. The highest BCUT2D eigenvalue weighted by molar-refractivity contribution is 5.26. The molecule has 16 heavy (non-hydrogen) atoms. The summed E-state index contributed by atoms with van der Waals surface area (Å²) in [5, 5.41) is 8.05. The van der Waals surface area contributed by atoms with Gasteiger partial charge in [0.25, 0.3) is 0 Å². The van der Waals surface area contributed by atoms with Gasteiger partial charge in [0.05, 0.1) is 0 Å². The lowest BCUT2D eigenvalue weighted by Gasteiger charge is -2.12. The van der Waals surface area contributed by atoms with E-state index in [2.05, 4.69) is 22.0 Å². The van der Waals surface area contributed by atoms with Crippen molar-refractivity contribution in [2.75, 3.05) is 24.5 Å². The summed E-state index contributed by atoms with van der Waals surface area (Å²) in [4.78, 5) is 2.19. The highest BCUT2D eigenvalue weighted by atomic mass is 16.4. The van der Waals surface area contributed by atoms with Crippen molar-refractivity contribution in [3.05, 3.63) is 5.89 Å². The molecule has 5 heteroatoms. The average molecular weight is 224 g/mol. The van der Waals surface area contributed by atoms with E-state index < -0.39 is 0 Å². The van der Waals surface area contributed by atoms with Crippen LogP contribution in [0, 0.1) is 5.92 Å². The van der Waals surface area contributed by atoms with Crippen LogP contribution in [0.15, 0.2) is 4.42 Å². The van der Waals surface area contributed by atoms with Crippen molar-refractivity contribution in [3.8, 4) is 0 Å². The van der Waals surface area contributed by atoms with Crippen molar-refractivity contribution in [3.63, 3.8) is 0 Å². The Morgan fingerprint density at radius 3 is 3.12 bits per heavy atom. The van der Waals surface area contributed by atoms with Crippen LogP contribution < -0.4 is 10.6 Å². The summed E-state index contributed by atoms with van der Waals surface area (Å²) >= 11 is 0. The number of hydrogen-bond acceptors (Lipinski definition) is 5. The molecular weight excluding hydrogens is 204 g/mol. The fraction of sp³-hybridized carbons (Fsp3) is 0.818. The Labute approximate surface area is 96.0 Å². The summed E-state index contributed by atoms with van der Waals surface area (Å²) in [7, 11) is 0. The molecule has 1 saturated heterocycles. The molecule has 0 aromatic carbocycles. The van der Waals surface area contributed by atoms with Crippen LogP contribution in [0.3, 0.4) is 0 Å². The van der Waals surface area contributed by atoms with Crippen LogP contribution >= 0.6 is 0 Å². The smallest absolute Gasteiger partial charge is 0.318 e. The maximum absolute atomic E-state index is 5.56. The summed E-state index contributed by atoms with van der Waals surface area (Å²) in [6.07, 6.45) is 4.45. The highest BCUT2D eigenvalue weighted by Gasteiger charge is 2.25. The zero-order valence-electron chi connectivity index (χ0n) is 9.85. The van der Waals surface area contributed by atoms with E-state index >= 15 is 0 Å². The van der Waals surface area contributed by atoms with Crippen molar-refractivity contribution in [2.45, 2.75) is 32.6 Å². The lowest BCUT2D eigenvalue weighted by molar-refractivity contribution is 0.484. The Hall–Kier alpha value is -1.10. The molecule has 1 fully saturated rings. The molecule has 5 nitrogen and oxygen atoms in total. The van der Waals surface area contributed by atoms with E-state index in [0.717, 1.165) is 19.0 Å². The molecular formula is C11H20N4O. The molecule has 0 radical (unpaired) electrons. The molecule has 0 amide bonds. The van der Waals surface area contributed by atoms with Crippen molar-refractivity contribution in [2.24, 2.45) is 11.7 Å². The van der Waals surface area contributed by atoms with Crippen molar-refractivity contribution < 1.29 is 4.42 Å². The van der Waals surface area contributed by atoms with Gasteiger partial charge in [-0.2, -0.15) is 0 Å². The molecule has 90 valence electrons. The second-order valence-electron chi connectivity index (χ2n) is 4.41. The van der Waals surface area contributed by atoms with Crippen LogP contribution in [0.2, 0.25) is 0 Å². The highest BCUT2D eigenvalue weighted by Crippen LogP contribution is 2.25. The second kappa shape index (κ2) is 5.30. The van der Waals surface area contributed by atoms with Crippen LogP contribution in [0.25, 0.3) is 0 Å². The van der Waals surface area contributed by atoms with Gasteiger partial charge in [0.2, 0.25) is 5.89 Å². The molecule has 1 unspecified atom stereocenters. The topological polar surface area (TPSA) is 68.2 Å². The van der Waals surface area contributed by atoms with Crippen molar-refractivity contribution in [1.82, 2.24) is 10.2 Å². The van der Waals surface area contributed by atoms with Crippen LogP contribution in [0.4, 0.5) is 6.01 Å². The molecule has 0 saturated carbocycles. The Balaban J connectivity index is 1.92. The minimum absolute atomic E-state index is 0.556. The molecule has 0 aliphatic carbocycles. The minimum atomic E-state index is 0.556. The van der Waals surface area contributed by atoms with Gasteiger partial charge in [-0.05, 0) is 18.8 Å². The van der Waals surface area contributed by atoms with Gasteiger partial charge < -0.3 is 15.1 Å². The maximum atomic E-state index is 5.56. The van der Waals surface area contributed by atoms with E-state index in [4.69, 9.17) is 10.2 Å². The van der Waals surface area contributed by atoms with Crippen LogP contribution in [-0.2, 0) is 6.42 Å². The first-order chi connectivity index (χ1) is 7.83. The number of rotatable bonds is 5. The monoisotopic (exact) mass is 224 g/mol. The molecule has 1 aliphatic rings. The third-order valence-corrected chi connectivity index (χ3v) is 3.07. The number of nitrogens with two attached hydrogens (primary N) is 1. The summed E-state index contributed by atoms with van der Waals surface area (Å²) in [6, 6.07) is 0.669. The van der Waals surface area contributed by atoms with Gasteiger partial charge in [-0.1, -0.05) is 18.4 Å². The SMILES string of the molecule is CCCC1CCN(c2nnc(CCN)o2)C1. The number of aromatic nitrogens is 2. The van der Waals surface area contributed by atoms with E-state index in [1.807, 2.05) is 0 Å². The van der Waals surface area contributed by atoms with Gasteiger partial charge in [-0.15, -0.1) is 5.10 Å². The molecule has 1 aromatic heterocycles. The predicted molar refractivity (Wildman–Crippen MR) is 62.3 cm³/mol. The Kier molecular flexibility index (Phi) is 3.77. The first-order valence-electron chi connectivity index (χ1n) is 6.11. The molecule has 0 bridgehead atoms. The van der Waals surface area contributed by atoms with Gasteiger partial charge in [0.15, 0.2) is 0 Å². The second-order valence-corrected chi connectivity index (χ2v) is 4.41. The van der Waals surface area contributed by atoms with E-state index in [0.29, 0.717) is 24.9 Å². The molecule has 1 atom stereocenters. The largest absolute Gasteiger partial charge is 0.408 e. The summed E-state index contributed by atoms with van der Waals surface area (Å²) in [5.74, 6) is 1.44. The van der Waals surface area contributed by atoms with Crippen LogP contribution in [0.1, 0.15) is 32.1 Å². The number of nitrogens with zero attached hydrogens (tertiary/aromatic N) is 3. The Morgan fingerprint density at radius 1 is 1.50 bits per heavy atom. The third kappa shape index (κ3) is 2.52. The van der Waals surface area contributed by atoms with E-state index in [1.165, 1.54) is 19.3 Å². The number of anilines is 1. The summed E-state index contributed by atoms with van der Waals surface area (Å²) < 4.78 is 5.56. The molecule has 1 aliphatic heterocycles. The minimum Gasteiger partial charge on any atom is -0.408 e. The lowest BCUT2D eigenvalue weighted by Crippen LogP contribution is -2.19. The van der Waals surface area contributed by atoms with E-state index in [1.54, 1.807) is 0 Å². The zero-order chi connectivity index (χ0) is 11.4. The quantitative estimate of drug-likeness (QED) is 0.813. The Bertz CT molecular complexity index is 326. The zero-order valence-corrected chi connectivity index (χ0v) is 9.85. The molecule has 1 aromatic rings. The normalized spacial score (nSPS) is 20.6. The first-order valence-corrected chi connectivity index (χ1v) is 6.11. The summed E-state index contributed by atoms with van der Waals surface area (Å²) in [6.45, 7) is 4.88. The summed E-state index contributed by atoms with van der Waals surface area (Å²) in [5.41, 5.74) is 5.44. The Morgan fingerprint density at radius 2 is 2.38 bits per heavy atom. The van der Waals surface area contributed by atoms with Gasteiger partial charge in [0, 0.05) is 26.1 Å². The average Bonchev–Trinajstić information content (AvgIpc) is 2.87. The molecule has 2 N–H and O–H groups in total.